The smallest absolute Gasteiger partial charge is 0.333 e. The second kappa shape index (κ2) is 7.93. The Morgan fingerprint density at radius 2 is 1.91 bits per heavy atom. The fraction of sp³-hybridized carbons (Fsp3) is 0.571. The van der Waals surface area contributed by atoms with Gasteiger partial charge in [-0.05, 0) is 12.1 Å². The summed E-state index contributed by atoms with van der Waals surface area (Å²) < 4.78 is 37.0. The number of methoxy groups -OCH3 is 1. The Balaban J connectivity index is 1.82. The van der Waals surface area contributed by atoms with Gasteiger partial charge in [0, 0.05) is 39.3 Å². The first kappa shape index (κ1) is 18.0. The summed E-state index contributed by atoms with van der Waals surface area (Å²) in [5.74, 6) is 0.832. The van der Waals surface area contributed by atoms with Crippen LogP contribution in [0.4, 0.5) is 5.69 Å². The van der Waals surface area contributed by atoms with E-state index in [1.54, 1.807) is 7.11 Å². The largest absolute Gasteiger partial charge is 0.495 e. The Morgan fingerprint density at radius 3 is 2.52 bits per heavy atom. The fourth-order valence-electron chi connectivity index (χ4n) is 2.63. The van der Waals surface area contributed by atoms with Crippen LogP contribution >= 0.6 is 0 Å². The molecule has 23 heavy (non-hydrogen) atoms. The van der Waals surface area contributed by atoms with E-state index in [4.69, 9.17) is 9.29 Å². The molecule has 3 N–H and O–H groups in total. The predicted octanol–water partition coefficient (Wildman–Crippen LogP) is -0.429. The van der Waals surface area contributed by atoms with Crippen molar-refractivity contribution in [3.05, 3.63) is 24.3 Å². The molecule has 0 saturated carbocycles. The number of hydrogen-bond acceptors (Lipinski definition) is 6. The van der Waals surface area contributed by atoms with Gasteiger partial charge in [0.2, 0.25) is 0 Å². The van der Waals surface area contributed by atoms with Crippen molar-refractivity contribution in [2.75, 3.05) is 51.3 Å². The number of rotatable bonds is 7. The van der Waals surface area contributed by atoms with E-state index in [9.17, 15) is 13.5 Å². The summed E-state index contributed by atoms with van der Waals surface area (Å²) in [5.41, 5.74) is 1.04. The van der Waals surface area contributed by atoms with Crippen LogP contribution in [0.25, 0.3) is 0 Å². The van der Waals surface area contributed by atoms with E-state index >= 15 is 0 Å². The van der Waals surface area contributed by atoms with Gasteiger partial charge in [-0.3, -0.25) is 9.45 Å². The average Bonchev–Trinajstić information content (AvgIpc) is 2.53. The molecule has 1 heterocycles. The third-order valence-corrected chi connectivity index (χ3v) is 4.30. The standard InChI is InChI=1S/C14H23N3O5S/c1-22-14-5-3-2-4-13(14)17-8-6-16(7-9-17)11-12(18)10-15-23(19,20)21/h2-5,12,15,18H,6-11H2,1H3,(H,19,20,21). The molecule has 1 aliphatic rings. The first-order valence-corrected chi connectivity index (χ1v) is 8.83. The van der Waals surface area contributed by atoms with Crippen molar-refractivity contribution in [3.8, 4) is 5.75 Å². The first-order chi connectivity index (χ1) is 10.9. The van der Waals surface area contributed by atoms with E-state index in [2.05, 4.69) is 9.80 Å². The van der Waals surface area contributed by atoms with Crippen molar-refractivity contribution in [2.45, 2.75) is 6.10 Å². The van der Waals surface area contributed by atoms with Crippen LogP contribution in [-0.2, 0) is 10.3 Å². The molecule has 130 valence electrons. The lowest BCUT2D eigenvalue weighted by Crippen LogP contribution is -2.50. The van der Waals surface area contributed by atoms with E-state index < -0.39 is 16.4 Å². The first-order valence-electron chi connectivity index (χ1n) is 7.39. The highest BCUT2D eigenvalue weighted by Crippen LogP contribution is 2.28. The molecule has 1 unspecified atom stereocenters. The molecule has 1 aliphatic heterocycles. The van der Waals surface area contributed by atoms with Gasteiger partial charge in [-0.15, -0.1) is 0 Å². The minimum atomic E-state index is -4.26. The van der Waals surface area contributed by atoms with Gasteiger partial charge in [0.25, 0.3) is 0 Å². The summed E-state index contributed by atoms with van der Waals surface area (Å²) in [6.45, 7) is 3.23. The van der Waals surface area contributed by atoms with Crippen molar-refractivity contribution in [1.29, 1.82) is 0 Å². The van der Waals surface area contributed by atoms with E-state index in [1.165, 1.54) is 0 Å². The predicted molar refractivity (Wildman–Crippen MR) is 87.2 cm³/mol. The van der Waals surface area contributed by atoms with Crippen LogP contribution in [0.2, 0.25) is 0 Å². The third kappa shape index (κ3) is 5.63. The van der Waals surface area contributed by atoms with E-state index in [0.29, 0.717) is 6.54 Å². The van der Waals surface area contributed by atoms with Crippen LogP contribution < -0.4 is 14.4 Å². The molecule has 0 bridgehead atoms. The van der Waals surface area contributed by atoms with Crippen molar-refractivity contribution >= 4 is 16.0 Å². The summed E-state index contributed by atoms with van der Waals surface area (Å²) in [6, 6.07) is 7.83. The van der Waals surface area contributed by atoms with Crippen molar-refractivity contribution in [1.82, 2.24) is 9.62 Å². The second-order valence-corrected chi connectivity index (χ2v) is 6.68. The summed E-state index contributed by atoms with van der Waals surface area (Å²) in [7, 11) is -2.62. The maximum absolute atomic E-state index is 10.6. The molecule has 1 aromatic rings. The Kier molecular flexibility index (Phi) is 6.19. The van der Waals surface area contributed by atoms with Gasteiger partial charge < -0.3 is 14.7 Å². The number of aliphatic hydroxyl groups excluding tert-OH is 1. The molecule has 0 aliphatic carbocycles. The highest BCUT2D eigenvalue weighted by molar-refractivity contribution is 7.83. The molecule has 0 spiro atoms. The van der Waals surface area contributed by atoms with E-state index in [1.807, 2.05) is 29.0 Å². The molecule has 1 fully saturated rings. The van der Waals surface area contributed by atoms with Crippen LogP contribution in [0.3, 0.4) is 0 Å². The number of aliphatic hydroxyl groups is 1. The van der Waals surface area contributed by atoms with E-state index in [-0.39, 0.29) is 6.54 Å². The minimum absolute atomic E-state index is 0.203. The molecule has 0 aromatic heterocycles. The molecule has 1 saturated heterocycles. The molecule has 1 aromatic carbocycles. The Hall–Kier alpha value is -1.39. The highest BCUT2D eigenvalue weighted by Gasteiger charge is 2.21. The normalized spacial score (nSPS) is 18.0. The van der Waals surface area contributed by atoms with Gasteiger partial charge in [-0.1, -0.05) is 12.1 Å². The number of anilines is 1. The monoisotopic (exact) mass is 345 g/mol. The SMILES string of the molecule is COc1ccccc1N1CCN(CC(O)CNS(=O)(=O)O)CC1. The zero-order chi connectivity index (χ0) is 16.9. The summed E-state index contributed by atoms with van der Waals surface area (Å²) in [6.07, 6.45) is -0.866. The van der Waals surface area contributed by atoms with Gasteiger partial charge in [-0.25, -0.2) is 0 Å². The molecule has 0 radical (unpaired) electrons. The Labute approximate surface area is 136 Å². The lowest BCUT2D eigenvalue weighted by molar-refractivity contribution is 0.111. The number of para-hydroxylation sites is 2. The van der Waals surface area contributed by atoms with Gasteiger partial charge in [0.1, 0.15) is 5.75 Å². The Bertz CT molecular complexity index is 602. The number of nitrogens with one attached hydrogen (secondary N) is 1. The van der Waals surface area contributed by atoms with Crippen molar-refractivity contribution < 1.29 is 22.8 Å². The number of hydrogen-bond donors (Lipinski definition) is 3. The number of ether oxygens (including phenoxy) is 1. The number of benzene rings is 1. The maximum Gasteiger partial charge on any atom is 0.333 e. The van der Waals surface area contributed by atoms with Crippen LogP contribution in [-0.4, -0.2) is 75.5 Å². The summed E-state index contributed by atoms with van der Waals surface area (Å²) in [4.78, 5) is 4.28. The second-order valence-electron chi connectivity index (χ2n) is 5.44. The van der Waals surface area contributed by atoms with Gasteiger partial charge in [0.05, 0.1) is 18.9 Å². The lowest BCUT2D eigenvalue weighted by atomic mass is 10.2. The molecule has 8 nitrogen and oxygen atoms in total. The van der Waals surface area contributed by atoms with Crippen molar-refractivity contribution in [3.63, 3.8) is 0 Å². The van der Waals surface area contributed by atoms with Crippen LogP contribution in [0, 0.1) is 0 Å². The topological polar surface area (TPSA) is 102 Å². The average molecular weight is 345 g/mol. The number of piperazine rings is 1. The van der Waals surface area contributed by atoms with Crippen LogP contribution in [0.15, 0.2) is 24.3 Å². The van der Waals surface area contributed by atoms with Gasteiger partial charge in [-0.2, -0.15) is 13.1 Å². The van der Waals surface area contributed by atoms with Gasteiger partial charge >= 0.3 is 10.3 Å². The number of β-amino-alcohol motifs (C(OH)–C–C–N with tert-alkyl or cyclic N) is 1. The summed E-state index contributed by atoms with van der Waals surface area (Å²) in [5, 5.41) is 9.82. The molecule has 9 heteroatoms. The molecule has 1 atom stereocenters. The fourth-order valence-corrected chi connectivity index (χ4v) is 3.03. The third-order valence-electron chi connectivity index (χ3n) is 3.77. The number of nitrogens with zero attached hydrogens (tertiary/aromatic N) is 2. The van der Waals surface area contributed by atoms with Crippen molar-refractivity contribution in [2.24, 2.45) is 0 Å². The zero-order valence-corrected chi connectivity index (χ0v) is 13.9. The summed E-state index contributed by atoms with van der Waals surface area (Å²) >= 11 is 0. The lowest BCUT2D eigenvalue weighted by Gasteiger charge is -2.37. The van der Waals surface area contributed by atoms with E-state index in [0.717, 1.165) is 37.6 Å². The molecular formula is C14H23N3O5S. The van der Waals surface area contributed by atoms with Crippen LogP contribution in [0.5, 0.6) is 5.75 Å². The highest BCUT2D eigenvalue weighted by atomic mass is 32.2. The Morgan fingerprint density at radius 1 is 1.26 bits per heavy atom. The maximum atomic E-state index is 10.6. The zero-order valence-electron chi connectivity index (χ0n) is 13.1. The molecular weight excluding hydrogens is 322 g/mol. The quantitative estimate of drug-likeness (QED) is 0.576. The van der Waals surface area contributed by atoms with Gasteiger partial charge in [0.15, 0.2) is 0 Å². The van der Waals surface area contributed by atoms with Crippen LogP contribution in [0.1, 0.15) is 0 Å². The minimum Gasteiger partial charge on any atom is -0.495 e. The molecule has 0 amide bonds. The molecule has 2 rings (SSSR count).